The largest absolute Gasteiger partial charge is 0.462 e. The topological polar surface area (TPSA) is 150 Å². The Morgan fingerprint density at radius 1 is 1.04 bits per heavy atom. The maximum Gasteiger partial charge on any atom is 0.410 e. The number of piperazine rings is 1. The lowest BCUT2D eigenvalue weighted by Crippen LogP contribution is -2.55. The van der Waals surface area contributed by atoms with Crippen molar-refractivity contribution >= 4 is 51.6 Å². The molecule has 2 atom stereocenters. The average Bonchev–Trinajstić information content (AvgIpc) is 3.51. The van der Waals surface area contributed by atoms with Gasteiger partial charge in [0, 0.05) is 31.1 Å². The van der Waals surface area contributed by atoms with Gasteiger partial charge in [-0.05, 0) is 49.5 Å². The smallest absolute Gasteiger partial charge is 0.410 e. The number of nitrogens with two attached hydrogens (primary N) is 1. The molecular weight excluding hydrogens is 632 g/mol. The van der Waals surface area contributed by atoms with E-state index in [0.29, 0.717) is 35.1 Å². The summed E-state index contributed by atoms with van der Waals surface area (Å²) in [6.45, 7) is 2.26. The summed E-state index contributed by atoms with van der Waals surface area (Å²) in [5, 5.41) is 14.6. The van der Waals surface area contributed by atoms with E-state index < -0.39 is 18.0 Å². The van der Waals surface area contributed by atoms with E-state index in [2.05, 4.69) is 26.3 Å². The molecule has 1 aromatic heterocycles. The normalized spacial score (nSPS) is 18.0. The number of aromatic nitrogens is 2. The molecule has 12 nitrogen and oxygen atoms in total. The van der Waals surface area contributed by atoms with Crippen LogP contribution in [-0.4, -0.2) is 83.7 Å². The summed E-state index contributed by atoms with van der Waals surface area (Å²) in [6.07, 6.45) is 1.60. The van der Waals surface area contributed by atoms with Crippen LogP contribution >= 0.6 is 11.6 Å². The number of likely N-dealkylation sites (N-methyl/N-ethyl adjacent to an activating group) is 1. The molecule has 6 rings (SSSR count). The molecule has 2 saturated heterocycles. The summed E-state index contributed by atoms with van der Waals surface area (Å²) in [5.74, 6) is -0.260. The number of amides is 2. The molecule has 48 heavy (non-hydrogen) atoms. The maximum absolute atomic E-state index is 13.9. The van der Waals surface area contributed by atoms with Crippen LogP contribution in [0.5, 0.6) is 6.01 Å². The number of nitrogens with zero attached hydrogens (tertiary/aromatic N) is 6. The Labute approximate surface area is 284 Å². The molecule has 2 aliphatic rings. The number of carbonyl (C=O) groups is 2. The minimum Gasteiger partial charge on any atom is -0.462 e. The van der Waals surface area contributed by atoms with Gasteiger partial charge in [0.05, 0.1) is 29.2 Å². The van der Waals surface area contributed by atoms with Crippen LogP contribution in [0.4, 0.5) is 22.0 Å². The molecule has 248 valence electrons. The van der Waals surface area contributed by atoms with E-state index in [0.717, 1.165) is 30.3 Å². The maximum atomic E-state index is 13.9. The molecule has 0 saturated carbocycles. The summed E-state index contributed by atoms with van der Waals surface area (Å²) < 4.78 is 11.7. The molecule has 0 aliphatic carbocycles. The fraction of sp³-hybridized carbons (Fsp3) is 0.343. The first-order chi connectivity index (χ1) is 23.3. The van der Waals surface area contributed by atoms with Crippen LogP contribution in [0, 0.1) is 11.3 Å². The molecule has 2 amide bonds. The van der Waals surface area contributed by atoms with Crippen molar-refractivity contribution in [3.05, 3.63) is 83.0 Å². The number of hydrogen-bond acceptors (Lipinski definition) is 10. The van der Waals surface area contributed by atoms with Crippen LogP contribution in [0.1, 0.15) is 35.3 Å². The number of halogens is 1. The molecule has 13 heteroatoms. The third kappa shape index (κ3) is 7.22. The first-order valence-electron chi connectivity index (χ1n) is 15.9. The number of benzene rings is 3. The SMILES string of the molecule is CN1CCC[C@H]1COc1nc(C(=O)Nc2cccc3cccc(Cl)c23)c(N)c(N2CCN(C(=O)OCc3ccccc3)[C@@H](CC#N)C2)n1. The number of fused-ring (bicyclic) bond motifs is 1. The van der Waals surface area contributed by atoms with Crippen molar-refractivity contribution in [1.29, 1.82) is 5.26 Å². The summed E-state index contributed by atoms with van der Waals surface area (Å²) in [7, 11) is 2.05. The highest BCUT2D eigenvalue weighted by Crippen LogP contribution is 2.33. The minimum absolute atomic E-state index is 0.0159. The van der Waals surface area contributed by atoms with Crippen LogP contribution in [0.15, 0.2) is 66.7 Å². The Morgan fingerprint density at radius 2 is 1.83 bits per heavy atom. The Morgan fingerprint density at radius 3 is 2.58 bits per heavy atom. The van der Waals surface area contributed by atoms with E-state index in [1.807, 2.05) is 66.5 Å². The number of hydrogen-bond donors (Lipinski definition) is 2. The standard InChI is InChI=1S/C35H37ClN8O4/c1-42-17-7-12-26(42)22-47-34-40-31(33(45)39-28-14-6-11-24-10-5-13-27(36)29(24)28)30(38)32(41-34)43-18-19-44(25(20-43)15-16-37)35(46)48-21-23-8-3-2-4-9-23/h2-6,8-11,13-14,25-26H,7,12,15,17-22,38H2,1H3,(H,39,45)/t25-,26-/m0/s1. The average molecular weight is 669 g/mol. The van der Waals surface area contributed by atoms with Crippen molar-refractivity contribution in [1.82, 2.24) is 19.8 Å². The summed E-state index contributed by atoms with van der Waals surface area (Å²) >= 11 is 6.52. The number of ether oxygens (including phenoxy) is 2. The molecule has 2 fully saturated rings. The minimum atomic E-state index is -0.553. The lowest BCUT2D eigenvalue weighted by atomic mass is 10.1. The van der Waals surface area contributed by atoms with E-state index in [-0.39, 0.29) is 49.6 Å². The van der Waals surface area contributed by atoms with Gasteiger partial charge in [-0.1, -0.05) is 66.2 Å². The van der Waals surface area contributed by atoms with Crippen LogP contribution in [-0.2, 0) is 11.3 Å². The Hall–Kier alpha value is -5.12. The van der Waals surface area contributed by atoms with Crippen molar-refractivity contribution in [2.45, 2.75) is 38.0 Å². The van der Waals surface area contributed by atoms with Crippen molar-refractivity contribution in [2.75, 3.05) is 55.8 Å². The first-order valence-corrected chi connectivity index (χ1v) is 16.3. The zero-order valence-electron chi connectivity index (χ0n) is 26.6. The van der Waals surface area contributed by atoms with Gasteiger partial charge in [-0.2, -0.15) is 15.2 Å². The second-order valence-electron chi connectivity index (χ2n) is 12.0. The zero-order chi connectivity index (χ0) is 33.6. The molecule has 0 unspecified atom stereocenters. The van der Waals surface area contributed by atoms with E-state index in [9.17, 15) is 14.9 Å². The highest BCUT2D eigenvalue weighted by Gasteiger charge is 2.34. The van der Waals surface area contributed by atoms with Crippen molar-refractivity contribution < 1.29 is 19.1 Å². The van der Waals surface area contributed by atoms with Crippen molar-refractivity contribution in [2.24, 2.45) is 0 Å². The lowest BCUT2D eigenvalue weighted by Gasteiger charge is -2.40. The van der Waals surface area contributed by atoms with Gasteiger partial charge >= 0.3 is 12.1 Å². The predicted molar refractivity (Wildman–Crippen MR) is 184 cm³/mol. The molecule has 3 heterocycles. The molecular formula is C35H37ClN8O4. The first kappa shape index (κ1) is 32.8. The van der Waals surface area contributed by atoms with Crippen LogP contribution in [0.25, 0.3) is 10.8 Å². The number of carbonyl (C=O) groups excluding carboxylic acids is 2. The quantitative estimate of drug-likeness (QED) is 0.240. The molecule has 0 radical (unpaired) electrons. The van der Waals surface area contributed by atoms with E-state index in [1.165, 1.54) is 0 Å². The van der Waals surface area contributed by atoms with Gasteiger partial charge in [-0.3, -0.25) is 4.79 Å². The highest BCUT2D eigenvalue weighted by molar-refractivity contribution is 6.37. The number of nitrogen functional groups attached to an aromatic ring is 1. The van der Waals surface area contributed by atoms with Gasteiger partial charge in [0.1, 0.15) is 18.9 Å². The number of nitriles is 1. The zero-order valence-corrected chi connectivity index (χ0v) is 27.4. The van der Waals surface area contributed by atoms with Crippen molar-refractivity contribution in [3.63, 3.8) is 0 Å². The molecule has 3 N–H and O–H groups in total. The second kappa shape index (κ2) is 14.8. The lowest BCUT2D eigenvalue weighted by molar-refractivity contribution is 0.0768. The van der Waals surface area contributed by atoms with Gasteiger partial charge in [-0.25, -0.2) is 4.79 Å². The highest BCUT2D eigenvalue weighted by atomic mass is 35.5. The predicted octanol–water partition coefficient (Wildman–Crippen LogP) is 5.33. The van der Waals surface area contributed by atoms with Crippen LogP contribution < -0.4 is 20.7 Å². The van der Waals surface area contributed by atoms with E-state index >= 15 is 0 Å². The Kier molecular flexibility index (Phi) is 10.1. The third-order valence-corrected chi connectivity index (χ3v) is 9.16. The van der Waals surface area contributed by atoms with E-state index in [4.69, 9.17) is 26.8 Å². The fourth-order valence-corrected chi connectivity index (χ4v) is 6.51. The number of nitrogens with one attached hydrogen (secondary N) is 1. The van der Waals surface area contributed by atoms with Gasteiger partial charge in [0.25, 0.3) is 5.91 Å². The number of rotatable bonds is 9. The summed E-state index contributed by atoms with van der Waals surface area (Å²) in [4.78, 5) is 41.8. The van der Waals surface area contributed by atoms with Crippen LogP contribution in [0.2, 0.25) is 5.02 Å². The Bertz CT molecular complexity index is 1830. The van der Waals surface area contributed by atoms with Gasteiger partial charge in [0.15, 0.2) is 11.5 Å². The number of likely N-dealkylation sites (tertiary alicyclic amines) is 1. The number of anilines is 3. The van der Waals surface area contributed by atoms with Gasteiger partial charge in [-0.15, -0.1) is 0 Å². The second-order valence-corrected chi connectivity index (χ2v) is 12.4. The molecule has 4 aromatic rings. The molecule has 3 aromatic carbocycles. The monoisotopic (exact) mass is 668 g/mol. The van der Waals surface area contributed by atoms with Crippen LogP contribution in [0.3, 0.4) is 0 Å². The molecule has 0 spiro atoms. The third-order valence-electron chi connectivity index (χ3n) is 8.85. The summed E-state index contributed by atoms with van der Waals surface area (Å²) in [5.41, 5.74) is 8.03. The molecule has 0 bridgehead atoms. The molecule has 2 aliphatic heterocycles. The Balaban J connectivity index is 1.27. The van der Waals surface area contributed by atoms with Gasteiger partial charge in [0.2, 0.25) is 0 Å². The fourth-order valence-electron chi connectivity index (χ4n) is 6.23. The van der Waals surface area contributed by atoms with Gasteiger partial charge < -0.3 is 35.2 Å². The van der Waals surface area contributed by atoms with Crippen molar-refractivity contribution in [3.8, 4) is 12.1 Å². The summed E-state index contributed by atoms with van der Waals surface area (Å²) in [6, 6.07) is 22.3. The van der Waals surface area contributed by atoms with E-state index in [1.54, 1.807) is 17.0 Å².